The van der Waals surface area contributed by atoms with Gasteiger partial charge in [-0.05, 0) is 59.2 Å². The Hall–Kier alpha value is 0.424. The van der Waals surface area contributed by atoms with E-state index in [1.54, 1.807) is 0 Å². The molecule has 0 aromatic heterocycles. The van der Waals surface area contributed by atoms with Crippen molar-refractivity contribution in [3.8, 4) is 0 Å². The van der Waals surface area contributed by atoms with Crippen molar-refractivity contribution in [2.75, 3.05) is 48.3 Å². The molecule has 0 aliphatic rings. The van der Waals surface area contributed by atoms with Crippen LogP contribution in [0, 0.1) is 0 Å². The van der Waals surface area contributed by atoms with Crippen molar-refractivity contribution < 1.29 is 38.0 Å². The summed E-state index contributed by atoms with van der Waals surface area (Å²) in [6.45, 7) is 17.1. The number of halogens is 1. The first-order valence-electron chi connectivity index (χ1n) is 20.4. The van der Waals surface area contributed by atoms with Crippen molar-refractivity contribution in [2.24, 2.45) is 0 Å². The van der Waals surface area contributed by atoms with Crippen LogP contribution in [0.15, 0.2) is 0 Å². The lowest BCUT2D eigenvalue weighted by molar-refractivity contribution is -0.870. The number of ketones is 2. The number of hydrogen-bond donors (Lipinski definition) is 0. The highest BCUT2D eigenvalue weighted by molar-refractivity contribution is 6.76. The number of rotatable bonds is 32. The second kappa shape index (κ2) is 33.3. The number of quaternary nitrogens is 1. The second-order valence-electron chi connectivity index (χ2n) is 18.6. The molecular formula is C41H89IN2O2Si2. The highest BCUT2D eigenvalue weighted by Gasteiger charge is 2.12. The van der Waals surface area contributed by atoms with Crippen molar-refractivity contribution in [1.29, 1.82) is 0 Å². The molecule has 290 valence electrons. The minimum absolute atomic E-state index is 0. The monoisotopic (exact) mass is 825 g/mol. The maximum absolute atomic E-state index is 11.9. The number of Topliss-reactive ketones (excluding diaryl/α,β-unsaturated/α-hetero) is 2. The molecule has 0 bridgehead atoms. The van der Waals surface area contributed by atoms with Gasteiger partial charge in [-0.1, -0.05) is 141 Å². The first-order valence-corrected chi connectivity index (χ1v) is 27.8. The van der Waals surface area contributed by atoms with E-state index in [9.17, 15) is 9.59 Å². The van der Waals surface area contributed by atoms with Crippen LogP contribution in [0.25, 0.3) is 0 Å². The molecule has 0 fully saturated rings. The van der Waals surface area contributed by atoms with Crippen molar-refractivity contribution in [1.82, 2.24) is 4.90 Å². The molecular weight excluding hydrogens is 736 g/mol. The third kappa shape index (κ3) is 50.8. The largest absolute Gasteiger partial charge is 1.00 e. The zero-order chi connectivity index (χ0) is 36.0. The van der Waals surface area contributed by atoms with Crippen molar-refractivity contribution in [3.63, 3.8) is 0 Å². The molecule has 7 heteroatoms. The highest BCUT2D eigenvalue weighted by Crippen LogP contribution is 2.18. The summed E-state index contributed by atoms with van der Waals surface area (Å²) in [4.78, 5) is 25.8. The summed E-state index contributed by atoms with van der Waals surface area (Å²) in [5.74, 6) is 0.970. The summed E-state index contributed by atoms with van der Waals surface area (Å²) >= 11 is 0. The van der Waals surface area contributed by atoms with Gasteiger partial charge in [0, 0.05) is 41.8 Å². The van der Waals surface area contributed by atoms with Gasteiger partial charge in [-0.25, -0.2) is 0 Å². The van der Waals surface area contributed by atoms with Gasteiger partial charge in [-0.2, -0.15) is 0 Å². The van der Waals surface area contributed by atoms with Crippen LogP contribution in [0.5, 0.6) is 0 Å². The third-order valence-corrected chi connectivity index (χ3v) is 12.8. The molecule has 0 atom stereocenters. The molecule has 0 radical (unpaired) electrons. The molecule has 4 nitrogen and oxygen atoms in total. The van der Waals surface area contributed by atoms with Gasteiger partial charge in [-0.15, -0.1) is 0 Å². The number of unbranched alkanes of at least 4 members (excludes halogenated alkanes) is 16. The van der Waals surface area contributed by atoms with E-state index in [-0.39, 0.29) is 24.0 Å². The first kappa shape index (κ1) is 52.8. The normalized spacial score (nSPS) is 12.1. The third-order valence-electron chi connectivity index (χ3n) is 9.11. The van der Waals surface area contributed by atoms with Gasteiger partial charge in [0.25, 0.3) is 0 Å². The Morgan fingerprint density at radius 3 is 1.00 bits per heavy atom. The summed E-state index contributed by atoms with van der Waals surface area (Å²) < 4.78 is 1.01. The molecule has 0 aliphatic carbocycles. The summed E-state index contributed by atoms with van der Waals surface area (Å²) in [7, 11) is 9.22. The average Bonchev–Trinajstić information content (AvgIpc) is 2.94. The van der Waals surface area contributed by atoms with Gasteiger partial charge in [0.1, 0.15) is 11.6 Å². The van der Waals surface area contributed by atoms with Gasteiger partial charge in [0.2, 0.25) is 0 Å². The van der Waals surface area contributed by atoms with E-state index in [4.69, 9.17) is 0 Å². The lowest BCUT2D eigenvalue weighted by Gasteiger charge is -2.23. The second-order valence-corrected chi connectivity index (χ2v) is 29.8. The number of carbonyl (C=O) groups excluding carboxylic acids is 2. The minimum atomic E-state index is -0.809. The van der Waals surface area contributed by atoms with Crippen LogP contribution in [0.3, 0.4) is 0 Å². The summed E-state index contributed by atoms with van der Waals surface area (Å²) in [5.41, 5.74) is 0. The molecule has 0 N–H and O–H groups in total. The van der Waals surface area contributed by atoms with E-state index in [1.165, 1.54) is 115 Å². The molecule has 0 spiro atoms. The van der Waals surface area contributed by atoms with Crippen molar-refractivity contribution in [2.45, 2.75) is 205 Å². The predicted octanol–water partition coefficient (Wildman–Crippen LogP) is 9.42. The maximum atomic E-state index is 11.9. The van der Waals surface area contributed by atoms with Gasteiger partial charge < -0.3 is 33.4 Å². The van der Waals surface area contributed by atoms with Gasteiger partial charge in [0.15, 0.2) is 0 Å². The SMILES string of the molecule is CN(C)CCCCC(=O)CCCCCCCCCC[Si](C)(C)C.C[N+](C)(C)CCCCC(=O)CCCCCCCCCC[Si](C)(C)C.[I-]. The zero-order valence-electron chi connectivity index (χ0n) is 34.9. The molecule has 0 rings (SSSR count). The molecule has 0 aromatic carbocycles. The van der Waals surface area contributed by atoms with Gasteiger partial charge in [-0.3, -0.25) is 9.59 Å². The molecule has 0 saturated carbocycles. The van der Waals surface area contributed by atoms with E-state index >= 15 is 0 Å². The zero-order valence-corrected chi connectivity index (χ0v) is 39.0. The van der Waals surface area contributed by atoms with Crippen LogP contribution in [-0.2, 0) is 9.59 Å². The van der Waals surface area contributed by atoms with E-state index in [1.807, 2.05) is 0 Å². The summed E-state index contributed by atoms with van der Waals surface area (Å²) in [6.07, 6.45) is 29.1. The molecule has 0 unspecified atom stereocenters. The van der Waals surface area contributed by atoms with Crippen LogP contribution < -0.4 is 24.0 Å². The molecule has 0 heterocycles. The first-order chi connectivity index (χ1) is 21.9. The molecule has 0 aromatic rings. The Labute approximate surface area is 322 Å². The molecule has 0 amide bonds. The predicted molar refractivity (Wildman–Crippen MR) is 219 cm³/mol. The smallest absolute Gasteiger partial charge is 0.132 e. The Morgan fingerprint density at radius 1 is 0.438 bits per heavy atom. The topological polar surface area (TPSA) is 37.4 Å². The Bertz CT molecular complexity index is 727. The van der Waals surface area contributed by atoms with Crippen molar-refractivity contribution >= 4 is 27.7 Å². The van der Waals surface area contributed by atoms with Gasteiger partial charge in [0.05, 0.1) is 27.7 Å². The Morgan fingerprint density at radius 2 is 0.708 bits per heavy atom. The number of carbonyl (C=O) groups is 2. The maximum Gasteiger partial charge on any atom is 0.132 e. The van der Waals surface area contributed by atoms with Crippen LogP contribution in [0.4, 0.5) is 0 Å². The highest BCUT2D eigenvalue weighted by atomic mass is 127. The van der Waals surface area contributed by atoms with E-state index in [0.29, 0.717) is 11.6 Å². The molecule has 0 aliphatic heterocycles. The lowest BCUT2D eigenvalue weighted by atomic mass is 10.0. The fourth-order valence-electron chi connectivity index (χ4n) is 5.98. The Balaban J connectivity index is -0.000000827. The van der Waals surface area contributed by atoms with Crippen molar-refractivity contribution in [3.05, 3.63) is 0 Å². The minimum Gasteiger partial charge on any atom is -1.00 e. The van der Waals surface area contributed by atoms with E-state index in [2.05, 4.69) is 79.4 Å². The molecule has 48 heavy (non-hydrogen) atoms. The summed E-state index contributed by atoms with van der Waals surface area (Å²) in [6, 6.07) is 2.98. The fourth-order valence-corrected chi connectivity index (χ4v) is 8.61. The standard InChI is InChI=1S/C21H46NOSi.C20H43NOSi.HI/c1-22(2,3)19-15-14-18-21(23)17-13-11-9-7-8-10-12-16-20-24(4,5)6;1-21(2)18-14-13-17-20(22)16-12-10-8-6-7-9-11-15-19-23(3,4)5;/h7-20H2,1-6H3;6-19H2,1-5H3;1H/q+1;;/p-1. The van der Waals surface area contributed by atoms with E-state index < -0.39 is 16.1 Å². The van der Waals surface area contributed by atoms with Crippen LogP contribution >= 0.6 is 0 Å². The van der Waals surface area contributed by atoms with Crippen LogP contribution in [0.1, 0.15) is 154 Å². The molecule has 0 saturated heterocycles. The van der Waals surface area contributed by atoms with Crippen LogP contribution in [-0.4, -0.2) is 85.4 Å². The lowest BCUT2D eigenvalue weighted by Crippen LogP contribution is -3.00. The van der Waals surface area contributed by atoms with Gasteiger partial charge >= 0.3 is 0 Å². The quantitative estimate of drug-likeness (QED) is 0.0294. The fraction of sp³-hybridized carbons (Fsp3) is 0.951. The number of hydrogen-bond acceptors (Lipinski definition) is 3. The van der Waals surface area contributed by atoms with E-state index in [0.717, 1.165) is 68.8 Å². The Kier molecular flexibility index (Phi) is 36.6. The number of nitrogens with zero attached hydrogens (tertiary/aromatic N) is 2. The van der Waals surface area contributed by atoms with Crippen LogP contribution in [0.2, 0.25) is 51.4 Å². The summed E-state index contributed by atoms with van der Waals surface area (Å²) in [5, 5.41) is 0. The average molecular weight is 825 g/mol.